The van der Waals surface area contributed by atoms with Crippen LogP contribution in [0.15, 0.2) is 132 Å². The van der Waals surface area contributed by atoms with Gasteiger partial charge in [-0.2, -0.15) is 0 Å². The molecule has 3 rings (SSSR count). The largest absolute Gasteiger partial charge is 0.105 e. The Labute approximate surface area is 305 Å². The molecule has 48 heavy (non-hydrogen) atoms. The van der Waals surface area contributed by atoms with Crippen LogP contribution in [0.2, 0.25) is 13.1 Å². The Morgan fingerprint density at radius 3 is 1.75 bits per heavy atom. The fourth-order valence-electron chi connectivity index (χ4n) is 7.77. The molecule has 0 heterocycles. The number of hydrogen-bond donors (Lipinski definition) is 0. The number of alkyl halides is 1. The third kappa shape index (κ3) is 9.56. The van der Waals surface area contributed by atoms with Gasteiger partial charge in [0.2, 0.25) is 0 Å². The highest BCUT2D eigenvalue weighted by Crippen LogP contribution is 2.58. The topological polar surface area (TPSA) is 0 Å². The van der Waals surface area contributed by atoms with Crippen LogP contribution in [0.5, 0.6) is 0 Å². The van der Waals surface area contributed by atoms with E-state index in [2.05, 4.69) is 163 Å². The number of allylic oxidation sites excluding steroid dienone is 10. The number of unbranched alkanes of at least 4 members (excludes halogenated alkanes) is 6. The molecule has 1 atom stereocenters. The van der Waals surface area contributed by atoms with Crippen molar-refractivity contribution in [3.63, 3.8) is 0 Å². The Hall–Kier alpha value is -2.58. The molecule has 2 aromatic carbocycles. The van der Waals surface area contributed by atoms with Gasteiger partial charge in [0, 0.05) is 21.6 Å². The first-order chi connectivity index (χ1) is 23.0. The number of rotatable bonds is 20. The summed E-state index contributed by atoms with van der Waals surface area (Å²) in [6.45, 7) is 25.4. The van der Waals surface area contributed by atoms with Crippen molar-refractivity contribution in [2.45, 2.75) is 130 Å². The summed E-state index contributed by atoms with van der Waals surface area (Å²) in [6, 6.07) is 21.9. The first kappa shape index (κ1) is 39.9. The number of halogens is 1. The molecule has 0 saturated carbocycles. The summed E-state index contributed by atoms with van der Waals surface area (Å²) < 4.78 is 0. The maximum absolute atomic E-state index is 4.87. The van der Waals surface area contributed by atoms with E-state index in [1.54, 1.807) is 0 Å². The lowest BCUT2D eigenvalue weighted by molar-refractivity contribution is 0.349. The minimum Gasteiger partial charge on any atom is -0.0988 e. The zero-order chi connectivity index (χ0) is 35.2. The molecule has 1 unspecified atom stereocenters. The van der Waals surface area contributed by atoms with Crippen LogP contribution in [0.4, 0.5) is 0 Å². The van der Waals surface area contributed by atoms with E-state index < -0.39 is 0 Å². The van der Waals surface area contributed by atoms with Crippen molar-refractivity contribution in [1.29, 1.82) is 0 Å². The van der Waals surface area contributed by atoms with E-state index in [4.69, 9.17) is 6.58 Å². The van der Waals surface area contributed by atoms with Crippen molar-refractivity contribution < 1.29 is 0 Å². The second kappa shape index (κ2) is 19.0. The highest BCUT2D eigenvalue weighted by molar-refractivity contribution is 9.09. The van der Waals surface area contributed by atoms with Crippen LogP contribution in [0, 0.1) is 5.41 Å². The summed E-state index contributed by atoms with van der Waals surface area (Å²) in [5.74, 6) is 0. The molecule has 2 heteroatoms. The van der Waals surface area contributed by atoms with E-state index in [0.29, 0.717) is 0 Å². The van der Waals surface area contributed by atoms with Crippen LogP contribution in [-0.4, -0.2) is 12.6 Å². The summed E-state index contributed by atoms with van der Waals surface area (Å²) in [5.41, 5.74) is 10.4. The molecule has 0 bridgehead atoms. The van der Waals surface area contributed by atoms with Crippen molar-refractivity contribution in [3.05, 3.63) is 143 Å². The number of benzene rings is 2. The molecule has 1 radical (unpaired) electrons. The standard InChI is InChI=1S/C46H63BBr/c1-10-38(44(5,6)40-26-18-16-19-27-40)34-42-36(3)37(4)43(35-39(11-2)45(7,8)41-28-20-17-21-29-41)46(42,31-23-13-15-25-33-48)30-22-12-14-24-32-47-9/h10-11,16-21,26-29,34-35H,1,4,12-15,22-25,30-33H2,2-3,5-9H3/b38-34+,39-11+,43-35+. The fraction of sp³-hybridized carbons (Fsp3) is 0.478. The van der Waals surface area contributed by atoms with Gasteiger partial charge in [-0.05, 0) is 77.7 Å². The van der Waals surface area contributed by atoms with Crippen molar-refractivity contribution in [2.75, 3.05) is 5.33 Å². The molecule has 0 aromatic heterocycles. The van der Waals surface area contributed by atoms with Gasteiger partial charge < -0.3 is 0 Å². The molecule has 0 aliphatic heterocycles. The number of hydrogen-bond acceptors (Lipinski definition) is 0. The van der Waals surface area contributed by atoms with Crippen LogP contribution in [0.3, 0.4) is 0 Å². The van der Waals surface area contributed by atoms with Crippen molar-refractivity contribution in [2.24, 2.45) is 5.41 Å². The van der Waals surface area contributed by atoms with Gasteiger partial charge in [0.25, 0.3) is 0 Å². The SMILES string of the molecule is C=C/C(=C\C1=C(C)C(=C)/C(=C\C(=C/C)C(C)(C)c2ccccc2)C1(CCCCCCBr)CCCCCC[B]C)C(C)(C)c1ccccc1. The summed E-state index contributed by atoms with van der Waals surface area (Å²) in [4.78, 5) is 0. The van der Waals surface area contributed by atoms with E-state index in [9.17, 15) is 0 Å². The Morgan fingerprint density at radius 2 is 1.27 bits per heavy atom. The van der Waals surface area contributed by atoms with Crippen molar-refractivity contribution in [3.8, 4) is 0 Å². The third-order valence-corrected chi connectivity index (χ3v) is 11.7. The highest BCUT2D eigenvalue weighted by Gasteiger charge is 2.45. The van der Waals surface area contributed by atoms with E-state index in [0.717, 1.165) is 18.2 Å². The third-order valence-electron chi connectivity index (χ3n) is 11.1. The maximum atomic E-state index is 4.87. The maximum Gasteiger partial charge on any atom is 0.105 e. The average molecular weight is 707 g/mol. The molecule has 0 spiro atoms. The quantitative estimate of drug-likeness (QED) is 0.0557. The second-order valence-electron chi connectivity index (χ2n) is 14.9. The summed E-state index contributed by atoms with van der Waals surface area (Å²) in [7, 11) is 2.31. The zero-order valence-corrected chi connectivity index (χ0v) is 33.0. The smallest absolute Gasteiger partial charge is 0.0988 e. The van der Waals surface area contributed by atoms with Crippen molar-refractivity contribution >= 4 is 23.2 Å². The van der Waals surface area contributed by atoms with Gasteiger partial charge in [-0.25, -0.2) is 0 Å². The van der Waals surface area contributed by atoms with Crippen molar-refractivity contribution in [1.82, 2.24) is 0 Å². The van der Waals surface area contributed by atoms with E-state index in [1.807, 2.05) is 0 Å². The van der Waals surface area contributed by atoms with Crippen LogP contribution < -0.4 is 0 Å². The molecule has 0 saturated heterocycles. The average Bonchev–Trinajstić information content (AvgIpc) is 3.28. The molecule has 1 aliphatic carbocycles. The molecule has 0 amide bonds. The van der Waals surface area contributed by atoms with Gasteiger partial charge in [-0.15, -0.1) is 0 Å². The highest BCUT2D eigenvalue weighted by atomic mass is 79.9. The van der Waals surface area contributed by atoms with Gasteiger partial charge in [-0.1, -0.05) is 200 Å². The minimum absolute atomic E-state index is 0.0888. The predicted molar refractivity (Wildman–Crippen MR) is 220 cm³/mol. The second-order valence-corrected chi connectivity index (χ2v) is 15.7. The van der Waals surface area contributed by atoms with Gasteiger partial charge in [0.1, 0.15) is 7.28 Å². The van der Waals surface area contributed by atoms with Crippen LogP contribution in [-0.2, 0) is 10.8 Å². The molecular formula is C46H63BBr. The summed E-state index contributed by atoms with van der Waals surface area (Å²) >= 11 is 3.66. The van der Waals surface area contributed by atoms with E-state index >= 15 is 0 Å². The first-order valence-electron chi connectivity index (χ1n) is 18.6. The first-order valence-corrected chi connectivity index (χ1v) is 19.7. The van der Waals surface area contributed by atoms with E-state index in [-0.39, 0.29) is 16.2 Å². The van der Waals surface area contributed by atoms with E-state index in [1.165, 1.54) is 102 Å². The Bertz CT molecular complexity index is 1450. The molecule has 0 nitrogen and oxygen atoms in total. The Balaban J connectivity index is 2.24. The van der Waals surface area contributed by atoms with Gasteiger partial charge in [0.05, 0.1) is 0 Å². The molecule has 257 valence electrons. The Kier molecular flexibility index (Phi) is 15.8. The molecular weight excluding hydrogens is 643 g/mol. The van der Waals surface area contributed by atoms with Crippen LogP contribution >= 0.6 is 15.9 Å². The molecule has 0 fully saturated rings. The minimum atomic E-state index is -0.174. The predicted octanol–water partition coefficient (Wildman–Crippen LogP) is 14.3. The van der Waals surface area contributed by atoms with Gasteiger partial charge >= 0.3 is 0 Å². The monoisotopic (exact) mass is 705 g/mol. The lowest BCUT2D eigenvalue weighted by Gasteiger charge is -2.37. The lowest BCUT2D eigenvalue weighted by Crippen LogP contribution is -2.26. The molecule has 1 aliphatic rings. The normalized spacial score (nSPS) is 18.6. The van der Waals surface area contributed by atoms with Gasteiger partial charge in [-0.3, -0.25) is 0 Å². The zero-order valence-electron chi connectivity index (χ0n) is 31.4. The lowest BCUT2D eigenvalue weighted by atomic mass is 9.66. The summed E-state index contributed by atoms with van der Waals surface area (Å²) in [6.07, 6.45) is 23.1. The molecule has 2 aromatic rings. The molecule has 0 N–H and O–H groups in total. The van der Waals surface area contributed by atoms with Crippen LogP contribution in [0.1, 0.15) is 117 Å². The van der Waals surface area contributed by atoms with Gasteiger partial charge in [0.15, 0.2) is 0 Å². The van der Waals surface area contributed by atoms with Crippen LogP contribution in [0.25, 0.3) is 0 Å². The fourth-order valence-corrected chi connectivity index (χ4v) is 8.17. The summed E-state index contributed by atoms with van der Waals surface area (Å²) in [5, 5.41) is 1.08. The Morgan fingerprint density at radius 1 is 0.771 bits per heavy atom.